The molecule has 0 radical (unpaired) electrons. The molecule has 23 heavy (non-hydrogen) atoms. The number of aromatic nitrogens is 2. The monoisotopic (exact) mass is 307 g/mol. The standard InChI is InChI=1S/C19H21N3O/c1-14-7-3-4-8-15(14)13-19(23)20-12-11-18-21-16-9-5-6-10-17(16)22(18)2/h3-10H,11-13H2,1-2H3,(H,20,23). The fourth-order valence-corrected chi connectivity index (χ4v) is 2.78. The molecule has 3 rings (SSSR count). The topological polar surface area (TPSA) is 46.9 Å². The van der Waals surface area contributed by atoms with Crippen molar-refractivity contribution in [2.24, 2.45) is 7.05 Å². The van der Waals surface area contributed by atoms with E-state index in [1.807, 2.05) is 56.4 Å². The van der Waals surface area contributed by atoms with Crippen LogP contribution in [0.1, 0.15) is 17.0 Å². The van der Waals surface area contributed by atoms with Crippen molar-refractivity contribution < 1.29 is 4.79 Å². The van der Waals surface area contributed by atoms with Gasteiger partial charge in [-0.3, -0.25) is 4.79 Å². The molecule has 1 heterocycles. The van der Waals surface area contributed by atoms with E-state index in [0.717, 1.165) is 34.4 Å². The summed E-state index contributed by atoms with van der Waals surface area (Å²) < 4.78 is 2.09. The van der Waals surface area contributed by atoms with Crippen molar-refractivity contribution in [2.75, 3.05) is 6.54 Å². The van der Waals surface area contributed by atoms with Crippen molar-refractivity contribution in [2.45, 2.75) is 19.8 Å². The summed E-state index contributed by atoms with van der Waals surface area (Å²) in [7, 11) is 2.01. The van der Waals surface area contributed by atoms with Crippen molar-refractivity contribution in [3.05, 3.63) is 65.5 Å². The van der Waals surface area contributed by atoms with Gasteiger partial charge in [0.05, 0.1) is 17.5 Å². The SMILES string of the molecule is Cc1ccccc1CC(=O)NCCc1nc2ccccc2n1C. The zero-order chi connectivity index (χ0) is 16.2. The summed E-state index contributed by atoms with van der Waals surface area (Å²) in [6.07, 6.45) is 1.15. The molecule has 0 aliphatic carbocycles. The molecule has 0 atom stereocenters. The van der Waals surface area contributed by atoms with E-state index in [4.69, 9.17) is 0 Å². The summed E-state index contributed by atoms with van der Waals surface area (Å²) in [4.78, 5) is 16.7. The van der Waals surface area contributed by atoms with E-state index in [2.05, 4.69) is 20.9 Å². The highest BCUT2D eigenvalue weighted by Crippen LogP contribution is 2.14. The fraction of sp³-hybridized carbons (Fsp3) is 0.263. The van der Waals surface area contributed by atoms with E-state index < -0.39 is 0 Å². The number of benzene rings is 2. The van der Waals surface area contributed by atoms with Crippen LogP contribution in [0.15, 0.2) is 48.5 Å². The predicted molar refractivity (Wildman–Crippen MR) is 92.3 cm³/mol. The highest BCUT2D eigenvalue weighted by molar-refractivity contribution is 5.79. The first-order chi connectivity index (χ1) is 11.1. The molecule has 0 saturated carbocycles. The third kappa shape index (κ3) is 3.42. The van der Waals surface area contributed by atoms with Gasteiger partial charge in [0.2, 0.25) is 5.91 Å². The van der Waals surface area contributed by atoms with Crippen LogP contribution >= 0.6 is 0 Å². The molecule has 0 unspecified atom stereocenters. The Labute approximate surface area is 136 Å². The first kappa shape index (κ1) is 15.3. The van der Waals surface area contributed by atoms with Gasteiger partial charge in [0.25, 0.3) is 0 Å². The highest BCUT2D eigenvalue weighted by Gasteiger charge is 2.08. The number of nitrogens with one attached hydrogen (secondary N) is 1. The number of aryl methyl sites for hydroxylation is 2. The van der Waals surface area contributed by atoms with Crippen molar-refractivity contribution in [1.82, 2.24) is 14.9 Å². The molecule has 3 aromatic rings. The third-order valence-electron chi connectivity index (χ3n) is 4.16. The fourth-order valence-electron chi connectivity index (χ4n) is 2.78. The molecule has 118 valence electrons. The normalized spacial score (nSPS) is 10.9. The molecule has 2 aromatic carbocycles. The van der Waals surface area contributed by atoms with E-state index in [0.29, 0.717) is 13.0 Å². The van der Waals surface area contributed by atoms with E-state index >= 15 is 0 Å². The van der Waals surface area contributed by atoms with Crippen LogP contribution in [0.5, 0.6) is 0 Å². The minimum absolute atomic E-state index is 0.0538. The largest absolute Gasteiger partial charge is 0.355 e. The van der Waals surface area contributed by atoms with Crippen molar-refractivity contribution in [3.63, 3.8) is 0 Å². The smallest absolute Gasteiger partial charge is 0.224 e. The summed E-state index contributed by atoms with van der Waals surface area (Å²) in [5.41, 5.74) is 4.34. The van der Waals surface area contributed by atoms with Gasteiger partial charge in [-0.1, -0.05) is 36.4 Å². The van der Waals surface area contributed by atoms with Crippen LogP contribution in [0.25, 0.3) is 11.0 Å². The number of imidazole rings is 1. The second kappa shape index (κ2) is 6.65. The summed E-state index contributed by atoms with van der Waals surface area (Å²) in [6, 6.07) is 16.1. The number of hydrogen-bond donors (Lipinski definition) is 1. The number of hydrogen-bond acceptors (Lipinski definition) is 2. The van der Waals surface area contributed by atoms with Gasteiger partial charge in [-0.2, -0.15) is 0 Å². The number of amides is 1. The highest BCUT2D eigenvalue weighted by atomic mass is 16.1. The molecule has 1 aromatic heterocycles. The average Bonchev–Trinajstić information content (AvgIpc) is 2.86. The minimum atomic E-state index is 0.0538. The lowest BCUT2D eigenvalue weighted by atomic mass is 10.1. The van der Waals surface area contributed by atoms with E-state index in [1.54, 1.807) is 0 Å². The number of carbonyl (C=O) groups is 1. The summed E-state index contributed by atoms with van der Waals surface area (Å²) >= 11 is 0. The predicted octanol–water partition coefficient (Wildman–Crippen LogP) is 2.78. The molecule has 0 saturated heterocycles. The van der Waals surface area contributed by atoms with Crippen LogP contribution in [0.2, 0.25) is 0 Å². The van der Waals surface area contributed by atoms with Gasteiger partial charge in [-0.05, 0) is 30.2 Å². The Morgan fingerprint density at radius 2 is 1.87 bits per heavy atom. The van der Waals surface area contributed by atoms with Crippen molar-refractivity contribution in [3.8, 4) is 0 Å². The lowest BCUT2D eigenvalue weighted by molar-refractivity contribution is -0.120. The Balaban J connectivity index is 1.57. The number of carbonyl (C=O) groups excluding carboxylic acids is 1. The van der Waals surface area contributed by atoms with Gasteiger partial charge in [-0.15, -0.1) is 0 Å². The molecule has 4 nitrogen and oxygen atoms in total. The van der Waals surface area contributed by atoms with Crippen LogP contribution < -0.4 is 5.32 Å². The van der Waals surface area contributed by atoms with E-state index in [1.165, 1.54) is 0 Å². The summed E-state index contributed by atoms with van der Waals surface area (Å²) in [5.74, 6) is 1.04. The van der Waals surface area contributed by atoms with Crippen LogP contribution in [0, 0.1) is 6.92 Å². The quantitative estimate of drug-likeness (QED) is 0.788. The second-order valence-electron chi connectivity index (χ2n) is 5.78. The molecular formula is C19H21N3O. The van der Waals surface area contributed by atoms with Gasteiger partial charge in [0, 0.05) is 20.0 Å². The van der Waals surface area contributed by atoms with Gasteiger partial charge in [-0.25, -0.2) is 4.98 Å². The zero-order valence-electron chi connectivity index (χ0n) is 13.5. The molecule has 1 N–H and O–H groups in total. The molecule has 4 heteroatoms. The Bertz CT molecular complexity index is 836. The summed E-state index contributed by atoms with van der Waals surface area (Å²) in [5, 5.41) is 2.99. The minimum Gasteiger partial charge on any atom is -0.355 e. The van der Waals surface area contributed by atoms with Gasteiger partial charge < -0.3 is 9.88 Å². The maximum Gasteiger partial charge on any atom is 0.224 e. The molecule has 0 fully saturated rings. The van der Waals surface area contributed by atoms with Crippen LogP contribution in [0.4, 0.5) is 0 Å². The average molecular weight is 307 g/mol. The number of nitrogens with zero attached hydrogens (tertiary/aromatic N) is 2. The molecule has 0 bridgehead atoms. The van der Waals surface area contributed by atoms with Crippen molar-refractivity contribution >= 4 is 16.9 Å². The Morgan fingerprint density at radius 3 is 2.65 bits per heavy atom. The van der Waals surface area contributed by atoms with E-state index in [-0.39, 0.29) is 5.91 Å². The maximum absolute atomic E-state index is 12.1. The van der Waals surface area contributed by atoms with Gasteiger partial charge in [0.15, 0.2) is 0 Å². The lowest BCUT2D eigenvalue weighted by Gasteiger charge is -2.07. The van der Waals surface area contributed by atoms with Crippen molar-refractivity contribution in [1.29, 1.82) is 0 Å². The number of fused-ring (bicyclic) bond motifs is 1. The maximum atomic E-state index is 12.1. The van der Waals surface area contributed by atoms with E-state index in [9.17, 15) is 4.79 Å². The molecular weight excluding hydrogens is 286 g/mol. The van der Waals surface area contributed by atoms with Crippen LogP contribution in [0.3, 0.4) is 0 Å². The Kier molecular flexibility index (Phi) is 4.42. The summed E-state index contributed by atoms with van der Waals surface area (Å²) in [6.45, 7) is 2.63. The molecule has 1 amide bonds. The number of rotatable bonds is 5. The van der Waals surface area contributed by atoms with Crippen LogP contribution in [-0.2, 0) is 24.7 Å². The van der Waals surface area contributed by atoms with Gasteiger partial charge >= 0.3 is 0 Å². The molecule has 0 aliphatic heterocycles. The molecule has 0 spiro atoms. The second-order valence-corrected chi connectivity index (χ2v) is 5.78. The zero-order valence-corrected chi connectivity index (χ0v) is 13.5. The van der Waals surface area contributed by atoms with Crippen LogP contribution in [-0.4, -0.2) is 22.0 Å². The first-order valence-corrected chi connectivity index (χ1v) is 7.86. The number of para-hydroxylation sites is 2. The Hall–Kier alpha value is -2.62. The third-order valence-corrected chi connectivity index (χ3v) is 4.16. The first-order valence-electron chi connectivity index (χ1n) is 7.86. The molecule has 0 aliphatic rings. The lowest BCUT2D eigenvalue weighted by Crippen LogP contribution is -2.28. The Morgan fingerprint density at radius 1 is 1.13 bits per heavy atom. The van der Waals surface area contributed by atoms with Gasteiger partial charge in [0.1, 0.15) is 5.82 Å².